The molecule has 1 heterocycles. The van der Waals surface area contributed by atoms with Crippen molar-refractivity contribution in [2.24, 2.45) is 5.73 Å². The van der Waals surface area contributed by atoms with E-state index >= 15 is 0 Å². The molecule has 3 amide bonds. The number of hydrogen-bond acceptors (Lipinski definition) is 7. The van der Waals surface area contributed by atoms with Crippen molar-refractivity contribution in [1.29, 1.82) is 0 Å². The van der Waals surface area contributed by atoms with Gasteiger partial charge in [0.15, 0.2) is 0 Å². The van der Waals surface area contributed by atoms with E-state index in [9.17, 15) is 14.4 Å². The first-order chi connectivity index (χ1) is 21.9. The Morgan fingerprint density at radius 1 is 0.778 bits per heavy atom. The van der Waals surface area contributed by atoms with Gasteiger partial charge < -0.3 is 31.2 Å². The van der Waals surface area contributed by atoms with Gasteiger partial charge in [-0.15, -0.1) is 0 Å². The zero-order chi connectivity index (χ0) is 32.0. The molecule has 10 nitrogen and oxygen atoms in total. The summed E-state index contributed by atoms with van der Waals surface area (Å²) >= 11 is 0. The maximum atomic E-state index is 13.9. The van der Waals surface area contributed by atoms with E-state index in [1.165, 1.54) is 25.4 Å². The van der Waals surface area contributed by atoms with Crippen LogP contribution in [0.5, 0.6) is 11.6 Å². The van der Waals surface area contributed by atoms with E-state index in [2.05, 4.69) is 20.9 Å². The molecule has 10 heteroatoms. The molecule has 0 radical (unpaired) electrons. The Bertz CT molecular complexity index is 1550. The first kappa shape index (κ1) is 32.7. The summed E-state index contributed by atoms with van der Waals surface area (Å²) in [7, 11) is 1.46. The molecule has 0 bridgehead atoms. The molecule has 2 atom stereocenters. The summed E-state index contributed by atoms with van der Waals surface area (Å²) in [6.45, 7) is 3.14. The number of aromatic nitrogens is 1. The van der Waals surface area contributed by atoms with E-state index in [1.54, 1.807) is 0 Å². The molecule has 0 spiro atoms. The summed E-state index contributed by atoms with van der Waals surface area (Å²) in [6.07, 6.45) is 1.90. The molecular formula is C35H39N5O5. The van der Waals surface area contributed by atoms with Gasteiger partial charge in [-0.1, -0.05) is 66.7 Å². The van der Waals surface area contributed by atoms with E-state index in [1.807, 2.05) is 85.8 Å². The molecule has 4 aromatic rings. The lowest BCUT2D eigenvalue weighted by molar-refractivity contribution is -0.130. The van der Waals surface area contributed by atoms with E-state index in [-0.39, 0.29) is 36.7 Å². The molecule has 0 saturated heterocycles. The third kappa shape index (κ3) is 9.90. The maximum Gasteiger partial charge on any atom is 0.252 e. The highest BCUT2D eigenvalue weighted by Crippen LogP contribution is 2.15. The third-order valence-corrected chi connectivity index (χ3v) is 7.14. The zero-order valence-corrected chi connectivity index (χ0v) is 25.5. The Kier molecular flexibility index (Phi) is 12.0. The van der Waals surface area contributed by atoms with Gasteiger partial charge in [0, 0.05) is 43.8 Å². The summed E-state index contributed by atoms with van der Waals surface area (Å²) in [4.78, 5) is 44.7. The average molecular weight is 610 g/mol. The van der Waals surface area contributed by atoms with Crippen molar-refractivity contribution in [3.63, 3.8) is 0 Å². The third-order valence-electron chi connectivity index (χ3n) is 7.14. The van der Waals surface area contributed by atoms with Crippen molar-refractivity contribution in [1.82, 2.24) is 20.9 Å². The Hall–Kier alpha value is -5.22. The van der Waals surface area contributed by atoms with Gasteiger partial charge in [-0.2, -0.15) is 0 Å². The van der Waals surface area contributed by atoms with Crippen LogP contribution < -0.4 is 31.2 Å². The minimum Gasteiger partial charge on any atom is -0.494 e. The number of nitrogens with one attached hydrogen (secondary N) is 3. The highest BCUT2D eigenvalue weighted by Gasteiger charge is 2.28. The smallest absolute Gasteiger partial charge is 0.252 e. The Balaban J connectivity index is 1.55. The number of amides is 3. The van der Waals surface area contributed by atoms with Crippen LogP contribution >= 0.6 is 0 Å². The molecule has 0 fully saturated rings. The van der Waals surface area contributed by atoms with Crippen molar-refractivity contribution in [2.45, 2.75) is 44.9 Å². The summed E-state index contributed by atoms with van der Waals surface area (Å²) in [6, 6.07) is 25.5. The van der Waals surface area contributed by atoms with Crippen LogP contribution in [0.4, 0.5) is 0 Å². The quantitative estimate of drug-likeness (QED) is 0.162. The summed E-state index contributed by atoms with van der Waals surface area (Å²) < 4.78 is 10.7. The van der Waals surface area contributed by atoms with Crippen molar-refractivity contribution >= 4 is 17.7 Å². The first-order valence-electron chi connectivity index (χ1n) is 14.8. The minimum atomic E-state index is -0.996. The van der Waals surface area contributed by atoms with Gasteiger partial charge in [-0.3, -0.25) is 14.4 Å². The van der Waals surface area contributed by atoms with Crippen LogP contribution in [0, 0.1) is 0 Å². The Morgan fingerprint density at radius 2 is 1.40 bits per heavy atom. The van der Waals surface area contributed by atoms with Crippen LogP contribution in [-0.4, -0.2) is 48.5 Å². The molecule has 1 aromatic heterocycles. The predicted molar refractivity (Wildman–Crippen MR) is 172 cm³/mol. The predicted octanol–water partition coefficient (Wildman–Crippen LogP) is 3.33. The molecule has 0 aliphatic carbocycles. The number of benzene rings is 3. The average Bonchev–Trinajstić information content (AvgIpc) is 3.08. The van der Waals surface area contributed by atoms with Crippen LogP contribution in [0.25, 0.3) is 0 Å². The molecule has 0 saturated carbocycles. The number of carbonyl (C=O) groups is 3. The number of pyridine rings is 1. The number of methoxy groups -OCH3 is 1. The molecule has 0 aliphatic rings. The van der Waals surface area contributed by atoms with E-state index in [4.69, 9.17) is 15.2 Å². The fourth-order valence-corrected chi connectivity index (χ4v) is 4.67. The highest BCUT2D eigenvalue weighted by molar-refractivity contribution is 5.98. The van der Waals surface area contributed by atoms with Gasteiger partial charge in [0.2, 0.25) is 17.7 Å². The summed E-state index contributed by atoms with van der Waals surface area (Å²) in [5, 5.41) is 8.69. The molecule has 0 aliphatic heterocycles. The van der Waals surface area contributed by atoms with Gasteiger partial charge in [-0.05, 0) is 47.4 Å². The van der Waals surface area contributed by atoms with Crippen molar-refractivity contribution in [3.05, 3.63) is 125 Å². The second kappa shape index (κ2) is 16.6. The lowest BCUT2D eigenvalue weighted by Gasteiger charge is -2.24. The van der Waals surface area contributed by atoms with Gasteiger partial charge in [0.05, 0.1) is 13.7 Å². The molecule has 0 unspecified atom stereocenters. The van der Waals surface area contributed by atoms with Crippen LogP contribution in [0.3, 0.4) is 0 Å². The molecular weight excluding hydrogens is 570 g/mol. The van der Waals surface area contributed by atoms with Gasteiger partial charge in [0.1, 0.15) is 17.8 Å². The zero-order valence-electron chi connectivity index (χ0n) is 25.5. The van der Waals surface area contributed by atoms with Crippen molar-refractivity contribution in [2.75, 3.05) is 13.7 Å². The molecule has 234 valence electrons. The SMILES string of the molecule is CCOc1ccc(C[C@@H](NC(=O)c2ccnc(OC)c2)C(=O)N[C@@H](Cc2ccccc2)C(=O)NCc2ccc(CN)cc2)cc1. The standard InChI is InChI=1S/C35H39N5O5/c1-3-45-29-15-13-25(14-16-29)20-31(39-33(41)28-17-18-37-32(21-28)44-2)35(43)40-30(19-24-7-5-4-6-8-24)34(42)38-23-27-11-9-26(22-36)10-12-27/h4-18,21,30-31H,3,19-20,22-23,36H2,1-2H3,(H,38,42)(H,39,41)(H,40,43)/t30-,31+/m0/s1. The number of nitrogens with zero attached hydrogens (tertiary/aromatic N) is 1. The van der Waals surface area contributed by atoms with Crippen LogP contribution in [0.1, 0.15) is 39.5 Å². The van der Waals surface area contributed by atoms with Crippen LogP contribution in [0.2, 0.25) is 0 Å². The topological polar surface area (TPSA) is 145 Å². The molecule has 45 heavy (non-hydrogen) atoms. The number of hydrogen-bond donors (Lipinski definition) is 4. The van der Waals surface area contributed by atoms with Gasteiger partial charge in [0.25, 0.3) is 5.91 Å². The lowest BCUT2D eigenvalue weighted by atomic mass is 10.0. The monoisotopic (exact) mass is 609 g/mol. The summed E-state index contributed by atoms with van der Waals surface area (Å²) in [5.41, 5.74) is 9.55. The fourth-order valence-electron chi connectivity index (χ4n) is 4.67. The molecule has 3 aromatic carbocycles. The van der Waals surface area contributed by atoms with Crippen LogP contribution in [-0.2, 0) is 35.5 Å². The summed E-state index contributed by atoms with van der Waals surface area (Å²) in [5.74, 6) is -0.353. The minimum absolute atomic E-state index is 0.180. The van der Waals surface area contributed by atoms with E-state index in [0.717, 1.165) is 22.3 Å². The van der Waals surface area contributed by atoms with Gasteiger partial charge in [-0.25, -0.2) is 4.98 Å². The number of ether oxygens (including phenoxy) is 2. The first-order valence-corrected chi connectivity index (χ1v) is 14.8. The molecule has 5 N–H and O–H groups in total. The second-order valence-corrected chi connectivity index (χ2v) is 10.4. The number of rotatable bonds is 15. The number of carbonyl (C=O) groups excluding carboxylic acids is 3. The Labute approximate surface area is 263 Å². The maximum absolute atomic E-state index is 13.9. The number of nitrogens with two attached hydrogens (primary N) is 1. The highest BCUT2D eigenvalue weighted by atomic mass is 16.5. The normalized spacial score (nSPS) is 12.0. The van der Waals surface area contributed by atoms with Crippen molar-refractivity contribution in [3.8, 4) is 11.6 Å². The van der Waals surface area contributed by atoms with Crippen LogP contribution in [0.15, 0.2) is 97.2 Å². The van der Waals surface area contributed by atoms with Crippen molar-refractivity contribution < 1.29 is 23.9 Å². The van der Waals surface area contributed by atoms with E-state index in [0.29, 0.717) is 18.9 Å². The lowest BCUT2D eigenvalue weighted by Crippen LogP contribution is -2.55. The fraction of sp³-hybridized carbons (Fsp3) is 0.257. The van der Waals surface area contributed by atoms with E-state index < -0.39 is 23.9 Å². The largest absolute Gasteiger partial charge is 0.494 e. The second-order valence-electron chi connectivity index (χ2n) is 10.4. The Morgan fingerprint density at radius 3 is 2.04 bits per heavy atom. The van der Waals surface area contributed by atoms with Gasteiger partial charge >= 0.3 is 0 Å². The molecule has 4 rings (SSSR count).